The molecule has 4 rings (SSSR count). The molecule has 2 aromatic carbocycles. The maximum atomic E-state index is 13.5. The lowest BCUT2D eigenvalue weighted by molar-refractivity contribution is -0.140. The predicted octanol–water partition coefficient (Wildman–Crippen LogP) is 4.10. The molecule has 172 valence electrons. The van der Waals surface area contributed by atoms with Gasteiger partial charge in [-0.1, -0.05) is 12.1 Å². The fourth-order valence-electron chi connectivity index (χ4n) is 3.45. The number of aliphatic carboxylic acids is 1. The Hall–Kier alpha value is -4.11. The average molecular weight is 486 g/mol. The first-order chi connectivity index (χ1) is 16.1. The molecule has 1 N–H and O–H groups in total. The maximum Gasteiger partial charge on any atom is 0.416 e. The highest BCUT2D eigenvalue weighted by atomic mass is 32.2. The molecule has 0 radical (unpaired) electrons. The number of hydrogen-bond donors (Lipinski definition) is 1. The van der Waals surface area contributed by atoms with Gasteiger partial charge in [0.25, 0.3) is 11.1 Å². The molecule has 0 unspecified atom stereocenters. The van der Waals surface area contributed by atoms with Crippen LogP contribution in [0.25, 0.3) is 17.0 Å². The molecule has 34 heavy (non-hydrogen) atoms. The summed E-state index contributed by atoms with van der Waals surface area (Å²) in [6.45, 7) is -0.916. The van der Waals surface area contributed by atoms with Crippen LogP contribution in [0.15, 0.2) is 47.5 Å². The highest BCUT2D eigenvalue weighted by molar-refractivity contribution is 8.18. The van der Waals surface area contributed by atoms with E-state index < -0.39 is 35.4 Å². The van der Waals surface area contributed by atoms with Crippen molar-refractivity contribution in [3.8, 4) is 6.07 Å². The first-order valence-corrected chi connectivity index (χ1v) is 10.4. The van der Waals surface area contributed by atoms with E-state index in [2.05, 4.69) is 5.10 Å². The number of carbonyl (C=O) groups is 3. The lowest BCUT2D eigenvalue weighted by Crippen LogP contribution is -2.33. The third-order valence-electron chi connectivity index (χ3n) is 5.00. The van der Waals surface area contributed by atoms with Gasteiger partial charge in [-0.25, -0.2) is 0 Å². The van der Waals surface area contributed by atoms with Crippen LogP contribution in [0, 0.1) is 11.3 Å². The number of alkyl halides is 3. The van der Waals surface area contributed by atoms with E-state index in [4.69, 9.17) is 10.4 Å². The van der Waals surface area contributed by atoms with Crippen molar-refractivity contribution in [3.05, 3.63) is 69.8 Å². The molecule has 0 aliphatic carbocycles. The molecule has 1 fully saturated rings. The van der Waals surface area contributed by atoms with Crippen LogP contribution in [0.2, 0.25) is 0 Å². The zero-order chi connectivity index (χ0) is 24.6. The molecule has 3 aromatic rings. The molecule has 8 nitrogen and oxygen atoms in total. The van der Waals surface area contributed by atoms with Crippen molar-refractivity contribution >= 4 is 45.9 Å². The number of carboxylic acids is 1. The van der Waals surface area contributed by atoms with Gasteiger partial charge in [-0.2, -0.15) is 23.5 Å². The Labute approximate surface area is 193 Å². The number of benzene rings is 2. The van der Waals surface area contributed by atoms with Crippen molar-refractivity contribution in [2.45, 2.75) is 12.7 Å². The summed E-state index contributed by atoms with van der Waals surface area (Å²) in [6, 6.07) is 9.93. The molecule has 12 heteroatoms. The second-order valence-electron chi connectivity index (χ2n) is 7.26. The van der Waals surface area contributed by atoms with Crippen LogP contribution in [0.1, 0.15) is 22.3 Å². The van der Waals surface area contributed by atoms with Crippen molar-refractivity contribution in [3.63, 3.8) is 0 Å². The largest absolute Gasteiger partial charge is 0.480 e. The molecule has 0 atom stereocenters. The van der Waals surface area contributed by atoms with Gasteiger partial charge in [0, 0.05) is 5.39 Å². The molecule has 1 aromatic heterocycles. The number of halogens is 3. The summed E-state index contributed by atoms with van der Waals surface area (Å²) in [7, 11) is 0. The molecule has 1 aliphatic heterocycles. The third kappa shape index (κ3) is 4.51. The summed E-state index contributed by atoms with van der Waals surface area (Å²) < 4.78 is 41.8. The van der Waals surface area contributed by atoms with Gasteiger partial charge in [0.2, 0.25) is 0 Å². The van der Waals surface area contributed by atoms with Crippen LogP contribution in [-0.4, -0.2) is 43.4 Å². The van der Waals surface area contributed by atoms with E-state index in [1.807, 2.05) is 0 Å². The molecule has 0 saturated carbocycles. The first kappa shape index (κ1) is 23.1. The normalized spacial score (nSPS) is 15.4. The Morgan fingerprint density at radius 2 is 1.97 bits per heavy atom. The Bertz CT molecular complexity index is 1420. The summed E-state index contributed by atoms with van der Waals surface area (Å²) in [5.41, 5.74) is 0.00578. The maximum absolute atomic E-state index is 13.5. The van der Waals surface area contributed by atoms with Crippen LogP contribution < -0.4 is 0 Å². The van der Waals surface area contributed by atoms with E-state index in [0.29, 0.717) is 33.1 Å². The van der Waals surface area contributed by atoms with Crippen molar-refractivity contribution < 1.29 is 32.7 Å². The van der Waals surface area contributed by atoms with Gasteiger partial charge in [-0.15, -0.1) is 0 Å². The minimum Gasteiger partial charge on any atom is -0.480 e. The zero-order valence-electron chi connectivity index (χ0n) is 17.0. The lowest BCUT2D eigenvalue weighted by atomic mass is 10.0. The number of aromatic nitrogens is 2. The number of nitriles is 1. The fraction of sp³-hybridized carbons (Fsp3) is 0.136. The van der Waals surface area contributed by atoms with Gasteiger partial charge < -0.3 is 5.11 Å². The first-order valence-electron chi connectivity index (χ1n) is 9.60. The standard InChI is InChI=1S/C22H13F3N4O4S/c23-22(24,25)16-6-13(8-26)1-3-14(16)10-29-17-4-2-12(5-15(17)9-27-29)7-18-20(32)28(11-19(30)31)21(33)34-18/h1-7,9H,10-11H2,(H,30,31). The second kappa shape index (κ2) is 8.68. The van der Waals surface area contributed by atoms with Crippen LogP contribution in [-0.2, 0) is 22.3 Å². The summed E-state index contributed by atoms with van der Waals surface area (Å²) in [4.78, 5) is 35.7. The summed E-state index contributed by atoms with van der Waals surface area (Å²) in [6.07, 6.45) is -1.74. The van der Waals surface area contributed by atoms with Crippen molar-refractivity contribution in [2.24, 2.45) is 0 Å². The average Bonchev–Trinajstić information content (AvgIpc) is 3.28. The van der Waals surface area contributed by atoms with Gasteiger partial charge in [0.15, 0.2) is 0 Å². The van der Waals surface area contributed by atoms with Crippen LogP contribution >= 0.6 is 11.8 Å². The molecular weight excluding hydrogens is 473 g/mol. The lowest BCUT2D eigenvalue weighted by Gasteiger charge is -2.14. The Morgan fingerprint density at radius 1 is 1.21 bits per heavy atom. The smallest absolute Gasteiger partial charge is 0.416 e. The summed E-state index contributed by atoms with van der Waals surface area (Å²) in [5, 5.41) is 21.8. The monoisotopic (exact) mass is 486 g/mol. The van der Waals surface area contributed by atoms with Gasteiger partial charge in [-0.05, 0) is 53.2 Å². The van der Waals surface area contributed by atoms with E-state index in [0.717, 1.165) is 6.07 Å². The summed E-state index contributed by atoms with van der Waals surface area (Å²) >= 11 is 0.623. The SMILES string of the molecule is N#Cc1ccc(Cn2ncc3cc(C=C4SC(=O)N(CC(=O)O)C4=O)ccc32)c(C(F)(F)F)c1. The van der Waals surface area contributed by atoms with Gasteiger partial charge in [-0.3, -0.25) is 24.0 Å². The summed E-state index contributed by atoms with van der Waals surface area (Å²) in [5.74, 6) is -2.03. The third-order valence-corrected chi connectivity index (χ3v) is 5.90. The van der Waals surface area contributed by atoms with Crippen molar-refractivity contribution in [1.82, 2.24) is 14.7 Å². The molecule has 0 bridgehead atoms. The molecule has 2 amide bonds. The minimum atomic E-state index is -4.64. The Morgan fingerprint density at radius 3 is 2.65 bits per heavy atom. The van der Waals surface area contributed by atoms with E-state index >= 15 is 0 Å². The van der Waals surface area contributed by atoms with E-state index in [1.54, 1.807) is 24.3 Å². The predicted molar refractivity (Wildman–Crippen MR) is 115 cm³/mol. The molecule has 0 spiro atoms. The number of nitrogens with zero attached hydrogens (tertiary/aromatic N) is 4. The van der Waals surface area contributed by atoms with Gasteiger partial charge in [0.1, 0.15) is 6.54 Å². The topological polar surface area (TPSA) is 116 Å². The molecule has 1 aliphatic rings. The number of fused-ring (bicyclic) bond motifs is 1. The van der Waals surface area contributed by atoms with Gasteiger partial charge in [0.05, 0.1) is 40.4 Å². The number of amides is 2. The Balaban J connectivity index is 1.63. The van der Waals surface area contributed by atoms with E-state index in [9.17, 15) is 27.6 Å². The van der Waals surface area contributed by atoms with Crippen LogP contribution in [0.5, 0.6) is 0 Å². The number of rotatable bonds is 5. The number of carboxylic acid groups (broad SMARTS) is 1. The fourth-order valence-corrected chi connectivity index (χ4v) is 4.29. The zero-order valence-corrected chi connectivity index (χ0v) is 17.9. The van der Waals surface area contributed by atoms with Crippen molar-refractivity contribution in [2.75, 3.05) is 6.54 Å². The molecule has 2 heterocycles. The minimum absolute atomic E-state index is 0.0484. The number of thioether (sulfide) groups is 1. The number of carbonyl (C=O) groups excluding carboxylic acids is 2. The molecule has 1 saturated heterocycles. The quantitative estimate of drug-likeness (QED) is 0.540. The Kier molecular flexibility index (Phi) is 5.89. The molecular formula is C22H13F3N4O4S. The number of hydrogen-bond acceptors (Lipinski definition) is 6. The highest BCUT2D eigenvalue weighted by Crippen LogP contribution is 2.34. The van der Waals surface area contributed by atoms with Crippen molar-refractivity contribution in [1.29, 1.82) is 5.26 Å². The van der Waals surface area contributed by atoms with E-state index in [-0.39, 0.29) is 22.6 Å². The van der Waals surface area contributed by atoms with Crippen LogP contribution in [0.4, 0.5) is 18.0 Å². The number of imide groups is 1. The van der Waals surface area contributed by atoms with Gasteiger partial charge >= 0.3 is 12.1 Å². The second-order valence-corrected chi connectivity index (χ2v) is 8.26. The van der Waals surface area contributed by atoms with E-state index in [1.165, 1.54) is 29.1 Å². The highest BCUT2D eigenvalue weighted by Gasteiger charge is 2.36. The van der Waals surface area contributed by atoms with Crippen LogP contribution in [0.3, 0.4) is 0 Å².